The number of aromatic nitrogens is 1. The second kappa shape index (κ2) is 6.49. The molecule has 5 nitrogen and oxygen atoms in total. The van der Waals surface area contributed by atoms with Crippen LogP contribution in [0.15, 0.2) is 40.9 Å². The Morgan fingerprint density at radius 3 is 2.19 bits per heavy atom. The molecule has 0 atom stereocenters. The molecule has 0 saturated carbocycles. The molecule has 2 N–H and O–H groups in total. The van der Waals surface area contributed by atoms with E-state index in [2.05, 4.69) is 31.8 Å². The molecule has 108 valence electrons. The minimum Gasteiger partial charge on any atom is -0.267 e. The van der Waals surface area contributed by atoms with Crippen molar-refractivity contribution in [3.05, 3.63) is 63.4 Å². The molecule has 0 aliphatic heterocycles. The number of hydrogen-bond acceptors (Lipinski definition) is 3. The van der Waals surface area contributed by atoms with Crippen molar-refractivity contribution in [3.8, 4) is 0 Å². The topological polar surface area (TPSA) is 71.1 Å². The van der Waals surface area contributed by atoms with Crippen LogP contribution in [-0.2, 0) is 0 Å². The summed E-state index contributed by atoms with van der Waals surface area (Å²) in [6.45, 7) is 3.60. The minimum absolute atomic E-state index is 0.381. The Balaban J connectivity index is 2.00. The van der Waals surface area contributed by atoms with Crippen LogP contribution in [0.1, 0.15) is 32.1 Å². The molecule has 1 heterocycles. The summed E-state index contributed by atoms with van der Waals surface area (Å²) in [5, 5.41) is 0. The number of benzene rings is 1. The van der Waals surface area contributed by atoms with Gasteiger partial charge in [-0.25, -0.2) is 0 Å². The van der Waals surface area contributed by atoms with E-state index in [1.165, 1.54) is 0 Å². The molecule has 1 aromatic carbocycles. The Hall–Kier alpha value is -2.21. The van der Waals surface area contributed by atoms with Gasteiger partial charge in [0, 0.05) is 15.7 Å². The molecule has 0 aliphatic rings. The lowest BCUT2D eigenvalue weighted by atomic mass is 10.2. The Morgan fingerprint density at radius 2 is 1.57 bits per heavy atom. The van der Waals surface area contributed by atoms with Crippen LogP contribution in [0.25, 0.3) is 0 Å². The number of carbonyl (C=O) groups is 2. The summed E-state index contributed by atoms with van der Waals surface area (Å²) >= 11 is 3.29. The van der Waals surface area contributed by atoms with Crippen LogP contribution in [0.2, 0.25) is 0 Å². The van der Waals surface area contributed by atoms with Gasteiger partial charge in [0.2, 0.25) is 0 Å². The number of hydrogen-bond donors (Lipinski definition) is 2. The van der Waals surface area contributed by atoms with E-state index in [9.17, 15) is 9.59 Å². The number of nitrogens with one attached hydrogen (secondary N) is 2. The van der Waals surface area contributed by atoms with Crippen molar-refractivity contribution < 1.29 is 9.59 Å². The van der Waals surface area contributed by atoms with E-state index in [1.807, 2.05) is 6.92 Å². The highest BCUT2D eigenvalue weighted by atomic mass is 79.9. The van der Waals surface area contributed by atoms with Gasteiger partial charge in [-0.2, -0.15) is 0 Å². The molecule has 0 saturated heterocycles. The number of hydrazine groups is 1. The van der Waals surface area contributed by atoms with Gasteiger partial charge in [-0.3, -0.25) is 25.4 Å². The molecular formula is C15H14BrN3O2. The van der Waals surface area contributed by atoms with Crippen LogP contribution in [0.5, 0.6) is 0 Å². The third-order valence-corrected chi connectivity index (χ3v) is 3.39. The Morgan fingerprint density at radius 1 is 0.952 bits per heavy atom. The van der Waals surface area contributed by atoms with Crippen molar-refractivity contribution in [1.82, 2.24) is 15.8 Å². The van der Waals surface area contributed by atoms with Gasteiger partial charge >= 0.3 is 0 Å². The first-order chi connectivity index (χ1) is 9.97. The molecule has 0 fully saturated rings. The first-order valence-corrected chi connectivity index (χ1v) is 7.07. The highest BCUT2D eigenvalue weighted by Gasteiger charge is 2.11. The van der Waals surface area contributed by atoms with Gasteiger partial charge < -0.3 is 0 Å². The largest absolute Gasteiger partial charge is 0.271 e. The standard InChI is InChI=1S/C15H14BrN3O2/c1-9-3-8-13(10(2)17-9)15(21)19-18-14(20)11-4-6-12(16)7-5-11/h3-8H,1-2H3,(H,18,20)(H,19,21). The fourth-order valence-corrected chi connectivity index (χ4v) is 2.05. The quantitative estimate of drug-likeness (QED) is 0.820. The van der Waals surface area contributed by atoms with Gasteiger partial charge in [0.15, 0.2) is 0 Å². The van der Waals surface area contributed by atoms with Crippen LogP contribution < -0.4 is 10.9 Å². The average Bonchev–Trinajstić information content (AvgIpc) is 2.45. The molecule has 21 heavy (non-hydrogen) atoms. The highest BCUT2D eigenvalue weighted by Crippen LogP contribution is 2.10. The van der Waals surface area contributed by atoms with Crippen molar-refractivity contribution in [2.45, 2.75) is 13.8 Å². The number of aryl methyl sites for hydroxylation is 2. The van der Waals surface area contributed by atoms with Crippen molar-refractivity contribution in [1.29, 1.82) is 0 Å². The summed E-state index contributed by atoms with van der Waals surface area (Å²) in [6.07, 6.45) is 0. The molecule has 0 aliphatic carbocycles. The second-order valence-electron chi connectivity index (χ2n) is 4.50. The smallest absolute Gasteiger partial charge is 0.267 e. The SMILES string of the molecule is Cc1ccc(C(=O)NNC(=O)c2ccc(Br)cc2)c(C)n1. The van der Waals surface area contributed by atoms with E-state index in [-0.39, 0.29) is 5.91 Å². The lowest BCUT2D eigenvalue weighted by molar-refractivity contribution is 0.0846. The Labute approximate surface area is 130 Å². The number of pyridine rings is 1. The van der Waals surface area contributed by atoms with E-state index >= 15 is 0 Å². The van der Waals surface area contributed by atoms with Crippen LogP contribution >= 0.6 is 15.9 Å². The average molecular weight is 348 g/mol. The molecule has 0 unspecified atom stereocenters. The lowest BCUT2D eigenvalue weighted by Crippen LogP contribution is -2.41. The Kier molecular flexibility index (Phi) is 4.70. The second-order valence-corrected chi connectivity index (χ2v) is 5.42. The lowest BCUT2D eigenvalue weighted by Gasteiger charge is -2.09. The molecular weight excluding hydrogens is 334 g/mol. The van der Waals surface area contributed by atoms with E-state index in [1.54, 1.807) is 43.3 Å². The zero-order valence-electron chi connectivity index (χ0n) is 11.6. The summed E-state index contributed by atoms with van der Waals surface area (Å²) in [6, 6.07) is 10.3. The van der Waals surface area contributed by atoms with Gasteiger partial charge in [0.1, 0.15) is 0 Å². The molecule has 0 radical (unpaired) electrons. The number of amides is 2. The zero-order valence-corrected chi connectivity index (χ0v) is 13.2. The molecule has 1 aromatic heterocycles. The van der Waals surface area contributed by atoms with E-state index in [0.29, 0.717) is 16.8 Å². The predicted octanol–water partition coefficient (Wildman–Crippen LogP) is 2.54. The van der Waals surface area contributed by atoms with Crippen molar-refractivity contribution in [3.63, 3.8) is 0 Å². The normalized spacial score (nSPS) is 10.0. The van der Waals surface area contributed by atoms with E-state index in [0.717, 1.165) is 10.2 Å². The summed E-state index contributed by atoms with van der Waals surface area (Å²) in [5.74, 6) is -0.779. The molecule has 2 rings (SSSR count). The summed E-state index contributed by atoms with van der Waals surface area (Å²) in [7, 11) is 0. The van der Waals surface area contributed by atoms with Crippen molar-refractivity contribution >= 4 is 27.7 Å². The Bertz CT molecular complexity index is 684. The number of rotatable bonds is 2. The monoisotopic (exact) mass is 347 g/mol. The first-order valence-electron chi connectivity index (χ1n) is 6.28. The van der Waals surface area contributed by atoms with Crippen LogP contribution in [-0.4, -0.2) is 16.8 Å². The van der Waals surface area contributed by atoms with Crippen LogP contribution in [0.4, 0.5) is 0 Å². The first kappa shape index (κ1) is 15.2. The van der Waals surface area contributed by atoms with Crippen molar-refractivity contribution in [2.24, 2.45) is 0 Å². The van der Waals surface area contributed by atoms with Gasteiger partial charge in [0.25, 0.3) is 11.8 Å². The number of carbonyl (C=O) groups excluding carboxylic acids is 2. The third kappa shape index (κ3) is 3.88. The van der Waals surface area contributed by atoms with Crippen LogP contribution in [0.3, 0.4) is 0 Å². The van der Waals surface area contributed by atoms with Crippen LogP contribution in [0, 0.1) is 13.8 Å². The van der Waals surface area contributed by atoms with Gasteiger partial charge in [0.05, 0.1) is 11.3 Å². The number of nitrogens with zero attached hydrogens (tertiary/aromatic N) is 1. The maximum absolute atomic E-state index is 12.0. The number of halogens is 1. The molecule has 2 aromatic rings. The molecule has 2 amide bonds. The predicted molar refractivity (Wildman–Crippen MR) is 82.8 cm³/mol. The van der Waals surface area contributed by atoms with E-state index in [4.69, 9.17) is 0 Å². The summed E-state index contributed by atoms with van der Waals surface area (Å²) < 4.78 is 0.879. The van der Waals surface area contributed by atoms with Gasteiger partial charge in [-0.15, -0.1) is 0 Å². The third-order valence-electron chi connectivity index (χ3n) is 2.87. The maximum Gasteiger partial charge on any atom is 0.271 e. The molecule has 6 heteroatoms. The fourth-order valence-electron chi connectivity index (χ4n) is 1.78. The summed E-state index contributed by atoms with van der Waals surface area (Å²) in [4.78, 5) is 28.1. The molecule has 0 bridgehead atoms. The maximum atomic E-state index is 12.0. The van der Waals surface area contributed by atoms with Gasteiger partial charge in [-0.1, -0.05) is 15.9 Å². The zero-order chi connectivity index (χ0) is 15.4. The van der Waals surface area contributed by atoms with Crippen molar-refractivity contribution in [2.75, 3.05) is 0 Å². The minimum atomic E-state index is -0.398. The van der Waals surface area contributed by atoms with E-state index < -0.39 is 5.91 Å². The highest BCUT2D eigenvalue weighted by molar-refractivity contribution is 9.10. The fraction of sp³-hybridized carbons (Fsp3) is 0.133. The summed E-state index contributed by atoms with van der Waals surface area (Å²) in [5.41, 5.74) is 7.09. The molecule has 0 spiro atoms. The van der Waals surface area contributed by atoms with Gasteiger partial charge in [-0.05, 0) is 50.2 Å².